The minimum absolute atomic E-state index is 0.0485. The second kappa shape index (κ2) is 6.98. The molecule has 1 amide bonds. The lowest BCUT2D eigenvalue weighted by Gasteiger charge is -2.07. The number of halogens is 2. The van der Waals surface area contributed by atoms with E-state index in [4.69, 9.17) is 4.74 Å². The number of aryl methyl sites for hydroxylation is 1. The summed E-state index contributed by atoms with van der Waals surface area (Å²) in [5.41, 5.74) is -0.264. The third-order valence-electron chi connectivity index (χ3n) is 3.42. The molecule has 0 radical (unpaired) electrons. The lowest BCUT2D eigenvalue weighted by atomic mass is 10.3. The summed E-state index contributed by atoms with van der Waals surface area (Å²) in [5, 5.41) is 2.64. The minimum atomic E-state index is -1.07. The lowest BCUT2D eigenvalue weighted by Crippen LogP contribution is -2.25. The van der Waals surface area contributed by atoms with E-state index in [2.05, 4.69) is 10.3 Å². The number of fused-ring (bicyclic) bond motifs is 1. The number of hydrogen-bond acceptors (Lipinski definition) is 5. The number of anilines is 1. The summed E-state index contributed by atoms with van der Waals surface area (Å²) in [4.78, 5) is 28.1. The van der Waals surface area contributed by atoms with Crippen LogP contribution in [-0.4, -0.2) is 29.2 Å². The van der Waals surface area contributed by atoms with E-state index in [0.717, 1.165) is 26.7 Å². The van der Waals surface area contributed by atoms with E-state index in [-0.39, 0.29) is 17.2 Å². The monoisotopic (exact) mass is 365 g/mol. The van der Waals surface area contributed by atoms with Crippen LogP contribution in [0.2, 0.25) is 0 Å². The van der Waals surface area contributed by atoms with Crippen molar-refractivity contribution in [3.63, 3.8) is 0 Å². The second-order valence-electron chi connectivity index (χ2n) is 5.07. The molecule has 0 spiro atoms. The van der Waals surface area contributed by atoms with E-state index in [1.54, 1.807) is 18.2 Å². The van der Waals surface area contributed by atoms with Crippen molar-refractivity contribution >= 4 is 33.1 Å². The number of thiazole rings is 1. The third kappa shape index (κ3) is 3.50. The molecule has 25 heavy (non-hydrogen) atoms. The smallest absolute Gasteiger partial charge is 0.286 e. The number of nitrogens with zero attached hydrogens (tertiary/aromatic N) is 2. The Bertz CT molecular complexity index is 1000. The van der Waals surface area contributed by atoms with Crippen LogP contribution in [0, 0.1) is 5.82 Å². The maximum atomic E-state index is 13.6. The molecule has 3 aromatic rings. The van der Waals surface area contributed by atoms with Gasteiger partial charge < -0.3 is 14.6 Å². The van der Waals surface area contributed by atoms with E-state index in [9.17, 15) is 18.4 Å². The van der Waals surface area contributed by atoms with Crippen molar-refractivity contribution in [1.82, 2.24) is 9.55 Å². The number of carbonyl (C=O) groups excluding carboxylic acids is 1. The standard InChI is InChI=1S/C16H13F2N3O3S/c1-24-10-2-3-12-13(7-10)25-15(20-12)14(22)19-9-6-11(18)16(23)21(8-9)5-4-17/h2-3,6-8H,4-5H2,1H3,(H,19,22). The molecule has 0 aliphatic heterocycles. The van der Waals surface area contributed by atoms with Gasteiger partial charge in [0, 0.05) is 12.3 Å². The number of carbonyl (C=O) groups is 1. The van der Waals surface area contributed by atoms with Gasteiger partial charge in [0.1, 0.15) is 12.4 Å². The van der Waals surface area contributed by atoms with Crippen molar-refractivity contribution in [2.45, 2.75) is 6.54 Å². The Kier molecular flexibility index (Phi) is 4.75. The predicted molar refractivity (Wildman–Crippen MR) is 90.8 cm³/mol. The summed E-state index contributed by atoms with van der Waals surface area (Å²) in [7, 11) is 1.54. The number of benzene rings is 1. The van der Waals surface area contributed by atoms with Crippen LogP contribution in [-0.2, 0) is 6.54 Å². The highest BCUT2D eigenvalue weighted by atomic mass is 32.1. The van der Waals surface area contributed by atoms with Crippen molar-refractivity contribution in [2.75, 3.05) is 19.1 Å². The SMILES string of the molecule is COc1ccc2nc(C(=O)Nc3cc(F)c(=O)n(CCF)c3)sc2c1. The highest BCUT2D eigenvalue weighted by molar-refractivity contribution is 7.20. The van der Waals surface area contributed by atoms with Crippen LogP contribution in [0.3, 0.4) is 0 Å². The Morgan fingerprint density at radius 3 is 2.92 bits per heavy atom. The average molecular weight is 365 g/mol. The van der Waals surface area contributed by atoms with Gasteiger partial charge in [-0.15, -0.1) is 11.3 Å². The van der Waals surface area contributed by atoms with Crippen LogP contribution in [0.15, 0.2) is 35.3 Å². The van der Waals surface area contributed by atoms with E-state index in [1.807, 2.05) is 0 Å². The Labute approximate surface area is 144 Å². The number of ether oxygens (including phenoxy) is 1. The predicted octanol–water partition coefficient (Wildman–Crippen LogP) is 2.83. The first-order valence-corrected chi connectivity index (χ1v) is 8.05. The number of rotatable bonds is 5. The highest BCUT2D eigenvalue weighted by Crippen LogP contribution is 2.26. The number of pyridine rings is 1. The molecular weight excluding hydrogens is 352 g/mol. The molecule has 0 atom stereocenters. The van der Waals surface area contributed by atoms with Gasteiger partial charge in [-0.3, -0.25) is 9.59 Å². The minimum Gasteiger partial charge on any atom is -0.497 e. The summed E-state index contributed by atoms with van der Waals surface area (Å²) in [6.45, 7) is -1.11. The first kappa shape index (κ1) is 17.0. The van der Waals surface area contributed by atoms with Crippen LogP contribution < -0.4 is 15.6 Å². The van der Waals surface area contributed by atoms with Crippen LogP contribution in [0.25, 0.3) is 10.2 Å². The molecule has 3 rings (SSSR count). The number of methoxy groups -OCH3 is 1. The number of aromatic nitrogens is 2. The van der Waals surface area contributed by atoms with E-state index in [1.165, 1.54) is 13.3 Å². The largest absolute Gasteiger partial charge is 0.497 e. The summed E-state index contributed by atoms with van der Waals surface area (Å²) in [6.07, 6.45) is 1.19. The molecule has 6 nitrogen and oxygen atoms in total. The van der Waals surface area contributed by atoms with Gasteiger partial charge >= 0.3 is 0 Å². The summed E-state index contributed by atoms with van der Waals surface area (Å²) in [6, 6.07) is 6.10. The Morgan fingerprint density at radius 2 is 2.20 bits per heavy atom. The van der Waals surface area contributed by atoms with Gasteiger partial charge in [-0.25, -0.2) is 13.8 Å². The fraction of sp³-hybridized carbons (Fsp3) is 0.188. The molecule has 1 aromatic carbocycles. The lowest BCUT2D eigenvalue weighted by molar-refractivity contribution is 0.102. The van der Waals surface area contributed by atoms with Gasteiger partial charge in [0.15, 0.2) is 10.8 Å². The number of alkyl halides is 1. The molecule has 2 heterocycles. The van der Waals surface area contributed by atoms with Gasteiger partial charge in [-0.2, -0.15) is 0 Å². The fourth-order valence-electron chi connectivity index (χ4n) is 2.24. The van der Waals surface area contributed by atoms with Gasteiger partial charge in [0.2, 0.25) is 0 Å². The second-order valence-corrected chi connectivity index (χ2v) is 6.10. The van der Waals surface area contributed by atoms with Crippen molar-refractivity contribution in [3.05, 3.63) is 51.6 Å². The zero-order valence-electron chi connectivity index (χ0n) is 13.1. The van der Waals surface area contributed by atoms with Crippen LogP contribution in [0.1, 0.15) is 9.80 Å². The Morgan fingerprint density at radius 1 is 1.40 bits per heavy atom. The van der Waals surface area contributed by atoms with E-state index in [0.29, 0.717) is 11.3 Å². The van der Waals surface area contributed by atoms with Crippen molar-refractivity contribution in [1.29, 1.82) is 0 Å². The van der Waals surface area contributed by atoms with Crippen molar-refractivity contribution in [3.8, 4) is 5.75 Å². The summed E-state index contributed by atoms with van der Waals surface area (Å²) < 4.78 is 32.8. The first-order valence-electron chi connectivity index (χ1n) is 7.23. The van der Waals surface area contributed by atoms with Crippen LogP contribution in [0.5, 0.6) is 5.75 Å². The molecule has 0 saturated heterocycles. The van der Waals surface area contributed by atoms with Crippen LogP contribution >= 0.6 is 11.3 Å². The van der Waals surface area contributed by atoms with Crippen LogP contribution in [0.4, 0.5) is 14.5 Å². The highest BCUT2D eigenvalue weighted by Gasteiger charge is 2.15. The summed E-state index contributed by atoms with van der Waals surface area (Å²) in [5.74, 6) is -0.978. The normalized spacial score (nSPS) is 10.8. The Hall–Kier alpha value is -2.81. The molecule has 0 aliphatic rings. The molecule has 0 unspecified atom stereocenters. The van der Waals surface area contributed by atoms with E-state index >= 15 is 0 Å². The molecular formula is C16H13F2N3O3S. The molecule has 0 aliphatic carbocycles. The molecule has 130 valence electrons. The number of nitrogens with one attached hydrogen (secondary N) is 1. The zero-order valence-corrected chi connectivity index (χ0v) is 13.9. The topological polar surface area (TPSA) is 73.2 Å². The maximum absolute atomic E-state index is 13.6. The van der Waals surface area contributed by atoms with E-state index < -0.39 is 24.0 Å². The van der Waals surface area contributed by atoms with Gasteiger partial charge in [0.05, 0.1) is 29.6 Å². The third-order valence-corrected chi connectivity index (χ3v) is 4.43. The molecule has 9 heteroatoms. The Balaban J connectivity index is 1.88. The molecule has 0 fully saturated rings. The maximum Gasteiger partial charge on any atom is 0.286 e. The summed E-state index contributed by atoms with van der Waals surface area (Å²) >= 11 is 1.15. The molecule has 0 saturated carbocycles. The quantitative estimate of drug-likeness (QED) is 0.755. The molecule has 2 aromatic heterocycles. The average Bonchev–Trinajstić information content (AvgIpc) is 3.02. The number of hydrogen-bond donors (Lipinski definition) is 1. The molecule has 1 N–H and O–H groups in total. The zero-order chi connectivity index (χ0) is 18.0. The van der Waals surface area contributed by atoms with Gasteiger partial charge in [-0.1, -0.05) is 0 Å². The fourth-order valence-corrected chi connectivity index (χ4v) is 3.13. The van der Waals surface area contributed by atoms with Crippen molar-refractivity contribution < 1.29 is 18.3 Å². The van der Waals surface area contributed by atoms with Gasteiger partial charge in [0.25, 0.3) is 11.5 Å². The van der Waals surface area contributed by atoms with Gasteiger partial charge in [-0.05, 0) is 18.2 Å². The molecule has 0 bridgehead atoms. The first-order chi connectivity index (χ1) is 12.0. The number of amides is 1. The van der Waals surface area contributed by atoms with Crippen molar-refractivity contribution in [2.24, 2.45) is 0 Å².